The van der Waals surface area contributed by atoms with Crippen LogP contribution in [0.3, 0.4) is 0 Å². The molecule has 1 aromatic carbocycles. The van der Waals surface area contributed by atoms with Crippen LogP contribution in [0.5, 0.6) is 0 Å². The summed E-state index contributed by atoms with van der Waals surface area (Å²) in [4.78, 5) is 1.11. The van der Waals surface area contributed by atoms with Crippen LogP contribution in [0.4, 0.5) is 5.69 Å². The lowest BCUT2D eigenvalue weighted by Gasteiger charge is -2.05. The van der Waals surface area contributed by atoms with Crippen LogP contribution in [-0.4, -0.2) is 26.3 Å². The van der Waals surface area contributed by atoms with Gasteiger partial charge in [0.25, 0.3) is 0 Å². The molecule has 0 aromatic heterocycles. The van der Waals surface area contributed by atoms with Gasteiger partial charge in [-0.1, -0.05) is 0 Å². The van der Waals surface area contributed by atoms with Crippen molar-refractivity contribution >= 4 is 39.1 Å². The number of halogens is 1. The van der Waals surface area contributed by atoms with E-state index in [1.54, 1.807) is 23.9 Å². The molecule has 1 N–H and O–H groups in total. The third kappa shape index (κ3) is 5.63. The number of nitrogens with one attached hydrogen (secondary N) is 1. The molecule has 0 bridgehead atoms. The highest BCUT2D eigenvalue weighted by atomic mass is 35.5. The molecule has 0 radical (unpaired) electrons. The number of anilines is 1. The highest BCUT2D eigenvalue weighted by Gasteiger charge is 2.01. The van der Waals surface area contributed by atoms with Crippen molar-refractivity contribution < 1.29 is 8.42 Å². The van der Waals surface area contributed by atoms with Gasteiger partial charge in [0.2, 0.25) is 10.0 Å². The minimum absolute atomic E-state index is 0.587. The Balaban J connectivity index is 2.54. The van der Waals surface area contributed by atoms with Crippen molar-refractivity contribution in [1.82, 2.24) is 0 Å². The van der Waals surface area contributed by atoms with Gasteiger partial charge in [-0.25, -0.2) is 8.42 Å². The smallest absolute Gasteiger partial charge is 0.229 e. The van der Waals surface area contributed by atoms with Gasteiger partial charge < -0.3 is 0 Å². The van der Waals surface area contributed by atoms with Gasteiger partial charge in [0.15, 0.2) is 0 Å². The molecular weight excluding hydrogens is 266 g/mol. The largest absolute Gasteiger partial charge is 0.284 e. The average Bonchev–Trinajstić information content (AvgIpc) is 2.19. The summed E-state index contributed by atoms with van der Waals surface area (Å²) < 4.78 is 24.3. The number of thioether (sulfide) groups is 1. The van der Waals surface area contributed by atoms with E-state index in [4.69, 9.17) is 11.6 Å². The molecule has 0 aliphatic carbocycles. The number of alkyl halides is 1. The minimum Gasteiger partial charge on any atom is -0.284 e. The number of hydrogen-bond acceptors (Lipinski definition) is 3. The fourth-order valence-electron chi connectivity index (χ4n) is 1.08. The summed E-state index contributed by atoms with van der Waals surface area (Å²) in [5.41, 5.74) is 0.587. The first-order valence-corrected chi connectivity index (χ1v) is 8.19. The lowest BCUT2D eigenvalue weighted by Crippen LogP contribution is -2.09. The highest BCUT2D eigenvalue weighted by Crippen LogP contribution is 2.21. The molecule has 16 heavy (non-hydrogen) atoms. The molecule has 0 saturated heterocycles. The standard InChI is InChI=1S/C10H14ClNO2S2/c1-16(13,14)12-9-3-5-10(6-4-9)15-8-2-7-11/h3-6,12H,2,7-8H2,1H3. The monoisotopic (exact) mass is 279 g/mol. The molecule has 0 atom stereocenters. The second-order valence-corrected chi connectivity index (χ2v) is 6.58. The van der Waals surface area contributed by atoms with Gasteiger partial charge in [-0.3, -0.25) is 4.72 Å². The maximum atomic E-state index is 11.0. The minimum atomic E-state index is -3.19. The summed E-state index contributed by atoms with van der Waals surface area (Å²) in [7, 11) is -3.19. The zero-order valence-corrected chi connectivity index (χ0v) is 11.3. The Kier molecular flexibility index (Phi) is 5.44. The Morgan fingerprint density at radius 3 is 2.44 bits per heavy atom. The van der Waals surface area contributed by atoms with Crippen LogP contribution >= 0.6 is 23.4 Å². The lowest BCUT2D eigenvalue weighted by atomic mass is 10.3. The number of sulfonamides is 1. The van der Waals surface area contributed by atoms with Gasteiger partial charge in [-0.05, 0) is 36.4 Å². The molecule has 0 aliphatic rings. The van der Waals surface area contributed by atoms with Crippen LogP contribution in [0.1, 0.15) is 6.42 Å². The van der Waals surface area contributed by atoms with E-state index in [-0.39, 0.29) is 0 Å². The van der Waals surface area contributed by atoms with Crippen molar-refractivity contribution in [1.29, 1.82) is 0 Å². The molecule has 90 valence electrons. The predicted molar refractivity (Wildman–Crippen MR) is 71.0 cm³/mol. The van der Waals surface area contributed by atoms with Gasteiger partial charge >= 0.3 is 0 Å². The SMILES string of the molecule is CS(=O)(=O)Nc1ccc(SCCCCl)cc1. The summed E-state index contributed by atoms with van der Waals surface area (Å²) in [6.07, 6.45) is 2.10. The van der Waals surface area contributed by atoms with Crippen molar-refractivity contribution in [2.45, 2.75) is 11.3 Å². The average molecular weight is 280 g/mol. The molecule has 1 aromatic rings. The molecule has 0 aliphatic heterocycles. The molecule has 0 unspecified atom stereocenters. The Labute approximate surface area is 106 Å². The molecule has 0 amide bonds. The first-order valence-electron chi connectivity index (χ1n) is 4.78. The second-order valence-electron chi connectivity index (χ2n) is 3.29. The Morgan fingerprint density at radius 1 is 1.31 bits per heavy atom. The zero-order chi connectivity index (χ0) is 12.0. The van der Waals surface area contributed by atoms with E-state index < -0.39 is 10.0 Å². The van der Waals surface area contributed by atoms with E-state index in [1.165, 1.54) is 0 Å². The maximum Gasteiger partial charge on any atom is 0.229 e. The van der Waals surface area contributed by atoms with E-state index in [0.717, 1.165) is 23.3 Å². The van der Waals surface area contributed by atoms with Gasteiger partial charge in [-0.2, -0.15) is 0 Å². The zero-order valence-electron chi connectivity index (χ0n) is 8.94. The Hall–Kier alpha value is -0.390. The van der Waals surface area contributed by atoms with Crippen LogP contribution in [0.15, 0.2) is 29.2 Å². The normalized spacial score (nSPS) is 11.4. The van der Waals surface area contributed by atoms with Crippen molar-refractivity contribution in [2.24, 2.45) is 0 Å². The molecule has 0 spiro atoms. The van der Waals surface area contributed by atoms with E-state index in [9.17, 15) is 8.42 Å². The molecule has 3 nitrogen and oxygen atoms in total. The van der Waals surface area contributed by atoms with Gasteiger partial charge in [0, 0.05) is 16.5 Å². The molecular formula is C10H14ClNO2S2. The van der Waals surface area contributed by atoms with Gasteiger partial charge in [0.1, 0.15) is 0 Å². The third-order valence-corrected chi connectivity index (χ3v) is 3.68. The van der Waals surface area contributed by atoms with Crippen molar-refractivity contribution in [3.8, 4) is 0 Å². The number of rotatable bonds is 6. The summed E-state index contributed by atoms with van der Waals surface area (Å²) in [5, 5.41) is 0. The molecule has 6 heteroatoms. The van der Waals surface area contributed by atoms with E-state index in [1.807, 2.05) is 12.1 Å². The Bertz CT molecular complexity index is 417. The lowest BCUT2D eigenvalue weighted by molar-refractivity contribution is 0.607. The fraction of sp³-hybridized carbons (Fsp3) is 0.400. The Morgan fingerprint density at radius 2 is 1.94 bits per heavy atom. The van der Waals surface area contributed by atoms with Crippen molar-refractivity contribution in [2.75, 3.05) is 22.6 Å². The van der Waals surface area contributed by atoms with Crippen molar-refractivity contribution in [3.05, 3.63) is 24.3 Å². The quantitative estimate of drug-likeness (QED) is 0.495. The molecule has 0 heterocycles. The summed E-state index contributed by atoms with van der Waals surface area (Å²) in [5.74, 6) is 1.64. The summed E-state index contributed by atoms with van der Waals surface area (Å²) >= 11 is 7.29. The fourth-order valence-corrected chi connectivity index (χ4v) is 2.79. The van der Waals surface area contributed by atoms with Gasteiger partial charge in [-0.15, -0.1) is 23.4 Å². The van der Waals surface area contributed by atoms with Crippen LogP contribution in [0.25, 0.3) is 0 Å². The van der Waals surface area contributed by atoms with E-state index >= 15 is 0 Å². The summed E-state index contributed by atoms with van der Waals surface area (Å²) in [6, 6.07) is 7.30. The topological polar surface area (TPSA) is 46.2 Å². The maximum absolute atomic E-state index is 11.0. The first kappa shape index (κ1) is 13.7. The second kappa shape index (κ2) is 6.37. The molecule has 0 saturated carbocycles. The predicted octanol–water partition coefficient (Wildman–Crippen LogP) is 2.78. The van der Waals surface area contributed by atoms with E-state index in [0.29, 0.717) is 11.6 Å². The van der Waals surface area contributed by atoms with Crippen LogP contribution in [0, 0.1) is 0 Å². The van der Waals surface area contributed by atoms with Crippen LogP contribution in [0.2, 0.25) is 0 Å². The molecule has 0 fully saturated rings. The first-order chi connectivity index (χ1) is 7.51. The molecule has 1 rings (SSSR count). The van der Waals surface area contributed by atoms with Crippen LogP contribution in [-0.2, 0) is 10.0 Å². The van der Waals surface area contributed by atoms with Crippen molar-refractivity contribution in [3.63, 3.8) is 0 Å². The number of hydrogen-bond donors (Lipinski definition) is 1. The summed E-state index contributed by atoms with van der Waals surface area (Å²) in [6.45, 7) is 0. The third-order valence-electron chi connectivity index (χ3n) is 1.70. The van der Waals surface area contributed by atoms with Gasteiger partial charge in [0.05, 0.1) is 6.26 Å². The highest BCUT2D eigenvalue weighted by molar-refractivity contribution is 7.99. The van der Waals surface area contributed by atoms with Crippen LogP contribution < -0.4 is 4.72 Å². The number of benzene rings is 1. The van der Waals surface area contributed by atoms with E-state index in [2.05, 4.69) is 4.72 Å².